The number of aromatic nitrogens is 3. The quantitative estimate of drug-likeness (QED) is 0.777. The molecule has 0 bridgehead atoms. The van der Waals surface area contributed by atoms with E-state index < -0.39 is 5.97 Å². The highest BCUT2D eigenvalue weighted by molar-refractivity contribution is 7.14. The molecule has 3 aromatic rings. The molecule has 20 heavy (non-hydrogen) atoms. The van der Waals surface area contributed by atoms with E-state index in [-0.39, 0.29) is 10.6 Å². The number of rotatable bonds is 2. The van der Waals surface area contributed by atoms with Crippen molar-refractivity contribution >= 4 is 46.2 Å². The Hall–Kier alpha value is -1.63. The number of carbonyl (C=O) groups is 1. The molecule has 0 radical (unpaired) electrons. The zero-order valence-corrected chi connectivity index (χ0v) is 12.4. The summed E-state index contributed by atoms with van der Waals surface area (Å²) in [6.07, 6.45) is 1.43. The molecule has 0 atom stereocenters. The molecule has 0 amide bonds. The standard InChI is InChI=1S/C12H7Cl2N3O2S/c1-5-4-20-9(8(5)14)11-16-15-10-7(13)2-6(12(18)19)3-17(10)11/h2-4H,1H3,(H,18,19). The molecule has 1 N–H and O–H groups in total. The van der Waals surface area contributed by atoms with E-state index in [1.807, 2.05) is 12.3 Å². The largest absolute Gasteiger partial charge is 0.478 e. The highest BCUT2D eigenvalue weighted by atomic mass is 35.5. The van der Waals surface area contributed by atoms with E-state index >= 15 is 0 Å². The predicted octanol–water partition coefficient (Wildman–Crippen LogP) is 3.77. The van der Waals surface area contributed by atoms with E-state index in [0.29, 0.717) is 16.5 Å². The van der Waals surface area contributed by atoms with Gasteiger partial charge in [-0.25, -0.2) is 4.79 Å². The highest BCUT2D eigenvalue weighted by Crippen LogP contribution is 2.36. The molecule has 0 aliphatic heterocycles. The third-order valence-corrected chi connectivity index (χ3v) is 4.78. The Balaban J connectivity index is 2.32. The minimum atomic E-state index is -1.07. The van der Waals surface area contributed by atoms with Crippen molar-refractivity contribution < 1.29 is 9.90 Å². The maximum Gasteiger partial charge on any atom is 0.337 e. The Morgan fingerprint density at radius 1 is 1.40 bits per heavy atom. The van der Waals surface area contributed by atoms with Gasteiger partial charge in [-0.15, -0.1) is 21.5 Å². The van der Waals surface area contributed by atoms with Gasteiger partial charge in [0.15, 0.2) is 11.5 Å². The van der Waals surface area contributed by atoms with Crippen LogP contribution in [0.2, 0.25) is 10.0 Å². The maximum absolute atomic E-state index is 11.1. The summed E-state index contributed by atoms with van der Waals surface area (Å²) in [6.45, 7) is 1.89. The summed E-state index contributed by atoms with van der Waals surface area (Å²) in [5, 5.41) is 19.9. The van der Waals surface area contributed by atoms with E-state index in [1.165, 1.54) is 23.6 Å². The summed E-state index contributed by atoms with van der Waals surface area (Å²) < 4.78 is 1.54. The molecule has 0 aliphatic rings. The molecule has 3 heterocycles. The molecule has 0 aromatic carbocycles. The summed E-state index contributed by atoms with van der Waals surface area (Å²) in [7, 11) is 0. The van der Waals surface area contributed by atoms with Crippen LogP contribution in [0.4, 0.5) is 0 Å². The molecule has 8 heteroatoms. The average Bonchev–Trinajstić information content (AvgIpc) is 2.95. The number of pyridine rings is 1. The van der Waals surface area contributed by atoms with Crippen LogP contribution in [0.5, 0.6) is 0 Å². The van der Waals surface area contributed by atoms with Gasteiger partial charge in [0, 0.05) is 6.20 Å². The summed E-state index contributed by atoms with van der Waals surface area (Å²) >= 11 is 13.7. The Labute approximate surface area is 127 Å². The summed E-state index contributed by atoms with van der Waals surface area (Å²) in [6, 6.07) is 1.35. The smallest absolute Gasteiger partial charge is 0.337 e. The van der Waals surface area contributed by atoms with E-state index in [1.54, 1.807) is 4.40 Å². The van der Waals surface area contributed by atoms with E-state index in [2.05, 4.69) is 10.2 Å². The second-order valence-corrected chi connectivity index (χ2v) is 5.83. The Morgan fingerprint density at radius 2 is 2.15 bits per heavy atom. The molecule has 0 fully saturated rings. The summed E-state index contributed by atoms with van der Waals surface area (Å²) in [5.41, 5.74) is 1.39. The van der Waals surface area contributed by atoms with E-state index in [9.17, 15) is 4.79 Å². The first-order chi connectivity index (χ1) is 9.49. The van der Waals surface area contributed by atoms with Gasteiger partial charge in [0.05, 0.1) is 20.5 Å². The minimum Gasteiger partial charge on any atom is -0.478 e. The van der Waals surface area contributed by atoms with Crippen LogP contribution in [0, 0.1) is 6.92 Å². The fourth-order valence-corrected chi connectivity index (χ4v) is 3.31. The Morgan fingerprint density at radius 3 is 2.75 bits per heavy atom. The van der Waals surface area contributed by atoms with Crippen molar-refractivity contribution in [2.45, 2.75) is 6.92 Å². The number of hydrogen-bond acceptors (Lipinski definition) is 4. The van der Waals surface area contributed by atoms with Crippen LogP contribution in [0.15, 0.2) is 17.6 Å². The van der Waals surface area contributed by atoms with Crippen molar-refractivity contribution in [3.8, 4) is 10.7 Å². The molecule has 0 saturated heterocycles. The van der Waals surface area contributed by atoms with Gasteiger partial charge in [-0.05, 0) is 23.9 Å². The van der Waals surface area contributed by atoms with Gasteiger partial charge in [0.1, 0.15) is 0 Å². The molecular weight excluding hydrogens is 321 g/mol. The normalized spacial score (nSPS) is 11.2. The van der Waals surface area contributed by atoms with E-state index in [4.69, 9.17) is 28.3 Å². The number of fused-ring (bicyclic) bond motifs is 1. The third kappa shape index (κ3) is 1.96. The van der Waals surface area contributed by atoms with Gasteiger partial charge in [-0.1, -0.05) is 23.2 Å². The molecule has 0 spiro atoms. The lowest BCUT2D eigenvalue weighted by molar-refractivity contribution is 0.0696. The number of nitrogens with zero attached hydrogens (tertiary/aromatic N) is 3. The number of carboxylic acid groups (broad SMARTS) is 1. The van der Waals surface area contributed by atoms with Crippen LogP contribution in [-0.2, 0) is 0 Å². The van der Waals surface area contributed by atoms with Gasteiger partial charge in [-0.2, -0.15) is 0 Å². The van der Waals surface area contributed by atoms with Crippen molar-refractivity contribution in [3.05, 3.63) is 38.8 Å². The third-order valence-electron chi connectivity index (χ3n) is 2.81. The van der Waals surface area contributed by atoms with Crippen LogP contribution < -0.4 is 0 Å². The first kappa shape index (κ1) is 13.4. The highest BCUT2D eigenvalue weighted by Gasteiger charge is 2.18. The van der Waals surface area contributed by atoms with Gasteiger partial charge >= 0.3 is 5.97 Å². The Kier molecular flexibility index (Phi) is 3.16. The molecular formula is C12H7Cl2N3O2S. The van der Waals surface area contributed by atoms with Crippen LogP contribution >= 0.6 is 34.5 Å². The van der Waals surface area contributed by atoms with Gasteiger partial charge < -0.3 is 5.11 Å². The second kappa shape index (κ2) is 4.73. The van der Waals surface area contributed by atoms with Crippen molar-refractivity contribution in [2.75, 3.05) is 0 Å². The zero-order chi connectivity index (χ0) is 14.4. The number of aromatic carboxylic acids is 1. The number of thiophene rings is 1. The van der Waals surface area contributed by atoms with E-state index in [0.717, 1.165) is 10.4 Å². The topological polar surface area (TPSA) is 67.5 Å². The summed E-state index contributed by atoms with van der Waals surface area (Å²) in [5.74, 6) is -0.588. The van der Waals surface area contributed by atoms with Crippen molar-refractivity contribution in [1.29, 1.82) is 0 Å². The van der Waals surface area contributed by atoms with Crippen molar-refractivity contribution in [2.24, 2.45) is 0 Å². The zero-order valence-electron chi connectivity index (χ0n) is 10.1. The van der Waals surface area contributed by atoms with Crippen LogP contribution in [0.3, 0.4) is 0 Å². The maximum atomic E-state index is 11.1. The number of carboxylic acids is 1. The van der Waals surface area contributed by atoms with Crippen LogP contribution in [0.25, 0.3) is 16.3 Å². The number of halogens is 2. The predicted molar refractivity (Wildman–Crippen MR) is 78.0 cm³/mol. The molecule has 3 rings (SSSR count). The molecule has 5 nitrogen and oxygen atoms in total. The van der Waals surface area contributed by atoms with Crippen molar-refractivity contribution in [1.82, 2.24) is 14.6 Å². The molecule has 0 unspecified atom stereocenters. The lowest BCUT2D eigenvalue weighted by Gasteiger charge is -2.02. The first-order valence-electron chi connectivity index (χ1n) is 5.50. The minimum absolute atomic E-state index is 0.0629. The first-order valence-corrected chi connectivity index (χ1v) is 7.14. The second-order valence-electron chi connectivity index (χ2n) is 4.16. The molecule has 102 valence electrons. The van der Waals surface area contributed by atoms with Crippen LogP contribution in [0.1, 0.15) is 15.9 Å². The van der Waals surface area contributed by atoms with Crippen molar-refractivity contribution in [3.63, 3.8) is 0 Å². The fraction of sp³-hybridized carbons (Fsp3) is 0.0833. The lowest BCUT2D eigenvalue weighted by atomic mass is 10.3. The lowest BCUT2D eigenvalue weighted by Crippen LogP contribution is -2.00. The monoisotopic (exact) mass is 327 g/mol. The van der Waals surface area contributed by atoms with Gasteiger partial charge in [0.2, 0.25) is 0 Å². The van der Waals surface area contributed by atoms with Crippen LogP contribution in [-0.4, -0.2) is 25.7 Å². The fourth-order valence-electron chi connectivity index (χ4n) is 1.81. The number of aryl methyl sites for hydroxylation is 1. The van der Waals surface area contributed by atoms with Gasteiger partial charge in [0.25, 0.3) is 0 Å². The molecule has 0 saturated carbocycles. The Bertz CT molecular complexity index is 841. The average molecular weight is 328 g/mol. The molecule has 3 aromatic heterocycles. The number of hydrogen-bond donors (Lipinski definition) is 1. The SMILES string of the molecule is Cc1csc(-c2nnc3c(Cl)cc(C(=O)O)cn23)c1Cl. The summed E-state index contributed by atoms with van der Waals surface area (Å²) in [4.78, 5) is 11.8. The van der Waals surface area contributed by atoms with Gasteiger partial charge in [-0.3, -0.25) is 4.40 Å². The molecule has 0 aliphatic carbocycles.